The Hall–Kier alpha value is -4.04. The molecule has 0 bridgehead atoms. The number of carbonyl (C=O) groups excluding carboxylic acids is 1. The van der Waals surface area contributed by atoms with Gasteiger partial charge in [-0.15, -0.1) is 0 Å². The molecular weight excluding hydrogens is 508 g/mol. The number of benzene rings is 2. The lowest BCUT2D eigenvalue weighted by Gasteiger charge is -2.32. The number of hydrogen-bond acceptors (Lipinski definition) is 10. The molecule has 40 heavy (non-hydrogen) atoms. The number of hydrogen-bond donors (Lipinski definition) is 2. The van der Waals surface area contributed by atoms with Crippen LogP contribution in [0.2, 0.25) is 0 Å². The second-order valence-electron chi connectivity index (χ2n) is 10.0. The van der Waals surface area contributed by atoms with E-state index in [1.807, 2.05) is 30.3 Å². The number of aliphatic hydroxyl groups is 1. The molecule has 0 radical (unpaired) electrons. The van der Waals surface area contributed by atoms with Gasteiger partial charge in [0, 0.05) is 49.3 Å². The van der Waals surface area contributed by atoms with E-state index >= 15 is 0 Å². The third kappa shape index (κ3) is 6.93. The maximum Gasteiger partial charge on any atom is 0.227 e. The van der Waals surface area contributed by atoms with Gasteiger partial charge in [-0.25, -0.2) is 9.97 Å². The third-order valence-corrected chi connectivity index (χ3v) is 7.48. The van der Waals surface area contributed by atoms with Gasteiger partial charge < -0.3 is 24.8 Å². The first kappa shape index (κ1) is 27.5. The first-order chi connectivity index (χ1) is 19.6. The van der Waals surface area contributed by atoms with Gasteiger partial charge >= 0.3 is 0 Å². The lowest BCUT2D eigenvalue weighted by Crippen LogP contribution is -2.42. The van der Waals surface area contributed by atoms with E-state index in [4.69, 9.17) is 9.47 Å². The maximum atomic E-state index is 10.8. The number of aliphatic hydroxyl groups excluding tert-OH is 1. The Labute approximate surface area is 234 Å². The van der Waals surface area contributed by atoms with E-state index in [0.29, 0.717) is 54.9 Å². The van der Waals surface area contributed by atoms with E-state index in [2.05, 4.69) is 38.4 Å². The summed E-state index contributed by atoms with van der Waals surface area (Å²) >= 11 is 0. The van der Waals surface area contributed by atoms with Crippen molar-refractivity contribution in [1.82, 2.24) is 14.9 Å². The topological polar surface area (TPSA) is 124 Å². The number of anilines is 3. The van der Waals surface area contributed by atoms with Gasteiger partial charge in [0.2, 0.25) is 5.95 Å². The fraction of sp³-hybridized carbons (Fsp3) is 0.400. The maximum absolute atomic E-state index is 10.8. The number of aldehydes is 1. The van der Waals surface area contributed by atoms with Gasteiger partial charge in [0.1, 0.15) is 11.8 Å². The summed E-state index contributed by atoms with van der Waals surface area (Å²) in [7, 11) is 0. The van der Waals surface area contributed by atoms with Crippen LogP contribution in [-0.4, -0.2) is 78.5 Å². The number of morpholine rings is 1. The highest BCUT2D eigenvalue weighted by molar-refractivity contribution is 5.66. The van der Waals surface area contributed by atoms with Crippen LogP contribution in [0.5, 0.6) is 5.75 Å². The summed E-state index contributed by atoms with van der Waals surface area (Å²) in [5, 5.41) is 22.7. The van der Waals surface area contributed by atoms with E-state index in [9.17, 15) is 15.2 Å². The van der Waals surface area contributed by atoms with Crippen molar-refractivity contribution in [2.24, 2.45) is 5.92 Å². The van der Waals surface area contributed by atoms with Gasteiger partial charge in [-0.1, -0.05) is 0 Å². The highest BCUT2D eigenvalue weighted by atomic mass is 16.5. The zero-order chi connectivity index (χ0) is 27.7. The minimum Gasteiger partial charge on any atom is -0.492 e. The predicted octanol–water partition coefficient (Wildman–Crippen LogP) is 3.59. The molecule has 10 nitrogen and oxygen atoms in total. The Bertz CT molecular complexity index is 1310. The molecule has 2 aliphatic rings. The summed E-state index contributed by atoms with van der Waals surface area (Å²) < 4.78 is 11.4. The van der Waals surface area contributed by atoms with Gasteiger partial charge in [-0.05, 0) is 73.7 Å². The van der Waals surface area contributed by atoms with Crippen molar-refractivity contribution in [2.45, 2.75) is 25.5 Å². The molecule has 2 fully saturated rings. The van der Waals surface area contributed by atoms with Crippen LogP contribution in [0, 0.1) is 17.2 Å². The fourth-order valence-electron chi connectivity index (χ4n) is 5.12. The van der Waals surface area contributed by atoms with E-state index < -0.39 is 6.23 Å². The largest absolute Gasteiger partial charge is 0.492 e. The van der Waals surface area contributed by atoms with Crippen LogP contribution in [-0.2, 0) is 9.53 Å². The second kappa shape index (κ2) is 13.3. The number of ether oxygens (including phenoxy) is 2. The van der Waals surface area contributed by atoms with Gasteiger partial charge in [0.25, 0.3) is 0 Å². The van der Waals surface area contributed by atoms with Crippen LogP contribution in [0.4, 0.5) is 17.3 Å². The molecule has 2 aromatic carbocycles. The number of piperidine rings is 1. The van der Waals surface area contributed by atoms with Crippen LogP contribution in [0.25, 0.3) is 11.3 Å². The fourth-order valence-corrected chi connectivity index (χ4v) is 5.12. The van der Waals surface area contributed by atoms with E-state index in [0.717, 1.165) is 62.5 Å². The third-order valence-electron chi connectivity index (χ3n) is 7.48. The standard InChI is InChI=1S/C30H34N6O4/c31-20-24-19-23(1-6-28(24)40-16-10-22-8-12-36(13-9-22)29(38)21-37)27-7-11-32-30(34-27)33-25-2-4-26(5-3-25)35-14-17-39-18-15-35/h1-7,11,19,21-22,29,38H,8-10,12-18H2,(H,32,33,34). The Balaban J connectivity index is 1.17. The summed E-state index contributed by atoms with van der Waals surface area (Å²) in [5.41, 5.74) is 4.01. The SMILES string of the molecule is N#Cc1cc(-c2ccnc(Nc3ccc(N4CCOCC4)cc3)n2)ccc1OCCC1CCN(C(O)C=O)CC1. The molecule has 10 heteroatoms. The van der Waals surface area contributed by atoms with Crippen LogP contribution < -0.4 is 15.0 Å². The number of nitriles is 1. The highest BCUT2D eigenvalue weighted by Crippen LogP contribution is 2.28. The average Bonchev–Trinajstić information content (AvgIpc) is 3.02. The van der Waals surface area contributed by atoms with Crippen molar-refractivity contribution in [1.29, 1.82) is 5.26 Å². The Morgan fingerprint density at radius 1 is 1.12 bits per heavy atom. The minimum atomic E-state index is -1.01. The molecule has 5 rings (SSSR count). The summed E-state index contributed by atoms with van der Waals surface area (Å²) in [6, 6.07) is 17.8. The molecule has 0 spiro atoms. The molecule has 208 valence electrons. The van der Waals surface area contributed by atoms with Crippen molar-refractivity contribution in [3.63, 3.8) is 0 Å². The van der Waals surface area contributed by atoms with Crippen molar-refractivity contribution < 1.29 is 19.4 Å². The number of likely N-dealkylation sites (tertiary alicyclic amines) is 1. The molecule has 2 aliphatic heterocycles. The molecule has 3 heterocycles. The Morgan fingerprint density at radius 3 is 2.62 bits per heavy atom. The molecule has 1 aromatic heterocycles. The Morgan fingerprint density at radius 2 is 1.90 bits per heavy atom. The zero-order valence-corrected chi connectivity index (χ0v) is 22.4. The molecule has 2 N–H and O–H groups in total. The number of aromatic nitrogens is 2. The molecule has 0 amide bonds. The van der Waals surface area contributed by atoms with Crippen molar-refractivity contribution in [3.05, 3.63) is 60.3 Å². The Kier molecular flexibility index (Phi) is 9.18. The summed E-state index contributed by atoms with van der Waals surface area (Å²) in [4.78, 5) is 23.9. The first-order valence-electron chi connectivity index (χ1n) is 13.7. The quantitative estimate of drug-likeness (QED) is 0.367. The number of nitrogens with zero attached hydrogens (tertiary/aromatic N) is 5. The molecule has 1 unspecified atom stereocenters. The number of rotatable bonds is 10. The van der Waals surface area contributed by atoms with Crippen LogP contribution in [0.15, 0.2) is 54.7 Å². The number of nitrogens with one attached hydrogen (secondary N) is 1. The molecule has 2 saturated heterocycles. The number of carbonyl (C=O) groups is 1. The average molecular weight is 543 g/mol. The first-order valence-corrected chi connectivity index (χ1v) is 13.7. The van der Waals surface area contributed by atoms with Gasteiger partial charge in [0.15, 0.2) is 12.5 Å². The minimum absolute atomic E-state index is 0.452. The van der Waals surface area contributed by atoms with Crippen LogP contribution in [0.1, 0.15) is 24.8 Å². The van der Waals surface area contributed by atoms with Crippen molar-refractivity contribution in [2.75, 3.05) is 56.2 Å². The van der Waals surface area contributed by atoms with E-state index in [-0.39, 0.29) is 0 Å². The van der Waals surface area contributed by atoms with Gasteiger partial charge in [0.05, 0.1) is 31.1 Å². The van der Waals surface area contributed by atoms with Crippen molar-refractivity contribution in [3.8, 4) is 23.1 Å². The van der Waals surface area contributed by atoms with E-state index in [1.54, 1.807) is 17.2 Å². The molecular formula is C30H34N6O4. The smallest absolute Gasteiger partial charge is 0.227 e. The highest BCUT2D eigenvalue weighted by Gasteiger charge is 2.23. The lowest BCUT2D eigenvalue weighted by molar-refractivity contribution is -0.125. The van der Waals surface area contributed by atoms with Gasteiger partial charge in [-0.2, -0.15) is 5.26 Å². The monoisotopic (exact) mass is 542 g/mol. The summed E-state index contributed by atoms with van der Waals surface area (Å²) in [6.07, 6.45) is 3.92. The molecule has 1 atom stereocenters. The van der Waals surface area contributed by atoms with Crippen LogP contribution in [0.3, 0.4) is 0 Å². The van der Waals surface area contributed by atoms with Crippen molar-refractivity contribution >= 4 is 23.6 Å². The predicted molar refractivity (Wildman–Crippen MR) is 151 cm³/mol. The van der Waals surface area contributed by atoms with Gasteiger partial charge in [-0.3, -0.25) is 9.69 Å². The van der Waals surface area contributed by atoms with Crippen LogP contribution >= 0.6 is 0 Å². The summed E-state index contributed by atoms with van der Waals surface area (Å²) in [5.74, 6) is 1.48. The lowest BCUT2D eigenvalue weighted by atomic mass is 9.94. The second-order valence-corrected chi connectivity index (χ2v) is 10.0. The molecule has 3 aromatic rings. The zero-order valence-electron chi connectivity index (χ0n) is 22.4. The normalized spacial score (nSPS) is 17.1. The summed E-state index contributed by atoms with van der Waals surface area (Å²) in [6.45, 7) is 5.16. The molecule has 0 aliphatic carbocycles. The van der Waals surface area contributed by atoms with E-state index in [1.165, 1.54) is 0 Å². The molecule has 0 saturated carbocycles.